The maximum atomic E-state index is 13.0. The van der Waals surface area contributed by atoms with Crippen molar-refractivity contribution in [2.24, 2.45) is 0 Å². The quantitative estimate of drug-likeness (QED) is 0.606. The summed E-state index contributed by atoms with van der Waals surface area (Å²) in [4.78, 5) is 0. The van der Waals surface area contributed by atoms with Gasteiger partial charge in [-0.15, -0.1) is 0 Å². The Morgan fingerprint density at radius 1 is 1.44 bits per heavy atom. The molecule has 0 spiro atoms. The first kappa shape index (κ1) is 7.35. The molecular formula is C6H11FOS. The molecule has 9 heavy (non-hydrogen) atoms. The molecule has 0 unspecified atom stereocenters. The number of hydrogen-bond donors (Lipinski definition) is 1. The average Bonchev–Trinajstić information content (AvgIpc) is 1.90. The Balaban J connectivity index is 2.37. The van der Waals surface area contributed by atoms with Crippen LogP contribution in [0.3, 0.4) is 0 Å². The predicted octanol–water partition coefficient (Wildman–Crippen LogP) is 1.21. The van der Waals surface area contributed by atoms with Crippen molar-refractivity contribution in [2.45, 2.75) is 18.5 Å². The fourth-order valence-electron chi connectivity index (χ4n) is 0.895. The van der Waals surface area contributed by atoms with Gasteiger partial charge in [0.1, 0.15) is 5.67 Å². The third kappa shape index (κ3) is 1.83. The third-order valence-electron chi connectivity index (χ3n) is 1.67. The van der Waals surface area contributed by atoms with Crippen LogP contribution in [-0.4, -0.2) is 28.9 Å². The third-order valence-corrected chi connectivity index (χ3v) is 2.66. The van der Waals surface area contributed by atoms with Gasteiger partial charge in [0.25, 0.3) is 0 Å². The van der Waals surface area contributed by atoms with Crippen LogP contribution in [-0.2, 0) is 0 Å². The molecule has 0 saturated carbocycles. The fourth-order valence-corrected chi connectivity index (χ4v) is 2.12. The zero-order valence-electron chi connectivity index (χ0n) is 5.27. The molecule has 3 heteroatoms. The van der Waals surface area contributed by atoms with Crippen LogP contribution in [0.1, 0.15) is 12.8 Å². The van der Waals surface area contributed by atoms with Crippen molar-refractivity contribution in [2.75, 3.05) is 18.1 Å². The van der Waals surface area contributed by atoms with Gasteiger partial charge in [0, 0.05) is 0 Å². The summed E-state index contributed by atoms with van der Waals surface area (Å²) in [5.41, 5.74) is -1.24. The van der Waals surface area contributed by atoms with Gasteiger partial charge in [-0.1, -0.05) is 0 Å². The van der Waals surface area contributed by atoms with Crippen LogP contribution in [0.5, 0.6) is 0 Å². The van der Waals surface area contributed by atoms with Gasteiger partial charge >= 0.3 is 0 Å². The second-order valence-corrected chi connectivity index (χ2v) is 3.65. The summed E-state index contributed by atoms with van der Waals surface area (Å²) in [7, 11) is 0. The van der Waals surface area contributed by atoms with Gasteiger partial charge in [-0.25, -0.2) is 4.39 Å². The lowest BCUT2D eigenvalue weighted by Gasteiger charge is -2.26. The molecule has 54 valence electrons. The average molecular weight is 150 g/mol. The first-order valence-corrected chi connectivity index (χ1v) is 4.30. The molecule has 0 aromatic carbocycles. The number of halogens is 1. The topological polar surface area (TPSA) is 20.2 Å². The highest BCUT2D eigenvalue weighted by molar-refractivity contribution is 7.99. The van der Waals surface area contributed by atoms with Gasteiger partial charge in [0.2, 0.25) is 0 Å². The van der Waals surface area contributed by atoms with E-state index in [0.717, 1.165) is 11.5 Å². The van der Waals surface area contributed by atoms with E-state index in [-0.39, 0.29) is 6.61 Å². The fraction of sp³-hybridized carbons (Fsp3) is 1.00. The highest BCUT2D eigenvalue weighted by Crippen LogP contribution is 2.29. The van der Waals surface area contributed by atoms with Crippen LogP contribution in [0, 0.1) is 0 Å². The molecule has 1 fully saturated rings. The zero-order valence-corrected chi connectivity index (χ0v) is 6.09. The van der Waals surface area contributed by atoms with Crippen LogP contribution in [0.25, 0.3) is 0 Å². The SMILES string of the molecule is OCC1(F)CCSCC1. The summed E-state index contributed by atoms with van der Waals surface area (Å²) in [5.74, 6) is 1.72. The Hall–Kier alpha value is 0.240. The van der Waals surface area contributed by atoms with E-state index < -0.39 is 5.67 Å². The van der Waals surface area contributed by atoms with Crippen molar-refractivity contribution in [3.8, 4) is 0 Å². The van der Waals surface area contributed by atoms with Crippen LogP contribution in [0.2, 0.25) is 0 Å². The van der Waals surface area contributed by atoms with Crippen LogP contribution < -0.4 is 0 Å². The van der Waals surface area contributed by atoms with E-state index >= 15 is 0 Å². The largest absolute Gasteiger partial charge is 0.393 e. The van der Waals surface area contributed by atoms with E-state index in [4.69, 9.17) is 5.11 Å². The maximum Gasteiger partial charge on any atom is 0.135 e. The van der Waals surface area contributed by atoms with Crippen molar-refractivity contribution in [1.29, 1.82) is 0 Å². The van der Waals surface area contributed by atoms with Crippen LogP contribution in [0.15, 0.2) is 0 Å². The molecule has 0 aliphatic carbocycles. The van der Waals surface area contributed by atoms with Gasteiger partial charge in [0.05, 0.1) is 6.61 Å². The lowest BCUT2D eigenvalue weighted by Crippen LogP contribution is -2.32. The molecule has 1 aliphatic heterocycles. The summed E-state index contributed by atoms with van der Waals surface area (Å²) in [5, 5.41) is 8.57. The highest BCUT2D eigenvalue weighted by atomic mass is 32.2. The number of hydrogen-bond acceptors (Lipinski definition) is 2. The summed E-state index contributed by atoms with van der Waals surface area (Å²) < 4.78 is 13.0. The summed E-state index contributed by atoms with van der Waals surface area (Å²) in [6, 6.07) is 0. The van der Waals surface area contributed by atoms with E-state index in [1.54, 1.807) is 11.8 Å². The lowest BCUT2D eigenvalue weighted by atomic mass is 10.0. The van der Waals surface area contributed by atoms with Crippen molar-refractivity contribution >= 4 is 11.8 Å². The Labute approximate surface area is 58.6 Å². The monoisotopic (exact) mass is 150 g/mol. The normalized spacial score (nSPS) is 26.0. The molecule has 1 N–H and O–H groups in total. The molecule has 1 nitrogen and oxygen atoms in total. The number of thioether (sulfide) groups is 1. The van der Waals surface area contributed by atoms with E-state index in [9.17, 15) is 4.39 Å². The molecule has 0 aromatic heterocycles. The summed E-state index contributed by atoms with van der Waals surface area (Å²) in [6.45, 7) is -0.298. The number of aliphatic hydroxyl groups is 1. The zero-order chi connectivity index (χ0) is 6.74. The molecule has 1 heterocycles. The number of aliphatic hydroxyl groups excluding tert-OH is 1. The molecule has 1 rings (SSSR count). The Bertz CT molecular complexity index is 91.1. The number of alkyl halides is 1. The maximum absolute atomic E-state index is 13.0. The second-order valence-electron chi connectivity index (χ2n) is 2.42. The van der Waals surface area contributed by atoms with Crippen LogP contribution >= 0.6 is 11.8 Å². The number of rotatable bonds is 1. The molecule has 1 aliphatic rings. The van der Waals surface area contributed by atoms with Gasteiger partial charge in [-0.05, 0) is 24.3 Å². The lowest BCUT2D eigenvalue weighted by molar-refractivity contribution is 0.0633. The molecule has 1 saturated heterocycles. The minimum Gasteiger partial charge on any atom is -0.393 e. The van der Waals surface area contributed by atoms with Gasteiger partial charge < -0.3 is 5.11 Å². The van der Waals surface area contributed by atoms with E-state index in [1.807, 2.05) is 0 Å². The minimum absolute atomic E-state index is 0.298. The Morgan fingerprint density at radius 2 is 2.00 bits per heavy atom. The Morgan fingerprint density at radius 3 is 2.33 bits per heavy atom. The minimum atomic E-state index is -1.24. The van der Waals surface area contributed by atoms with Gasteiger partial charge in [0.15, 0.2) is 0 Å². The summed E-state index contributed by atoms with van der Waals surface area (Å²) >= 11 is 1.76. The smallest absolute Gasteiger partial charge is 0.135 e. The Kier molecular flexibility index (Phi) is 2.35. The predicted molar refractivity (Wildman–Crippen MR) is 37.5 cm³/mol. The van der Waals surface area contributed by atoms with E-state index in [2.05, 4.69) is 0 Å². The van der Waals surface area contributed by atoms with Crippen molar-refractivity contribution in [1.82, 2.24) is 0 Å². The molecule has 0 aromatic rings. The standard InChI is InChI=1S/C6H11FOS/c7-6(5-8)1-3-9-4-2-6/h8H,1-5H2. The van der Waals surface area contributed by atoms with Crippen molar-refractivity contribution in [3.63, 3.8) is 0 Å². The van der Waals surface area contributed by atoms with Gasteiger partial charge in [-0.2, -0.15) is 11.8 Å². The summed E-state index contributed by atoms with van der Waals surface area (Å²) in [6.07, 6.45) is 1.04. The highest BCUT2D eigenvalue weighted by Gasteiger charge is 2.30. The molecule has 0 amide bonds. The first-order valence-electron chi connectivity index (χ1n) is 3.14. The molecular weight excluding hydrogens is 139 g/mol. The second kappa shape index (κ2) is 2.88. The molecule has 0 bridgehead atoms. The van der Waals surface area contributed by atoms with Crippen LogP contribution in [0.4, 0.5) is 4.39 Å². The molecule has 0 radical (unpaired) electrons. The van der Waals surface area contributed by atoms with Crippen molar-refractivity contribution in [3.05, 3.63) is 0 Å². The van der Waals surface area contributed by atoms with E-state index in [1.165, 1.54) is 0 Å². The molecule has 0 atom stereocenters. The first-order chi connectivity index (χ1) is 4.27. The van der Waals surface area contributed by atoms with E-state index in [0.29, 0.717) is 12.8 Å². The van der Waals surface area contributed by atoms with Gasteiger partial charge in [-0.3, -0.25) is 0 Å². The van der Waals surface area contributed by atoms with Crippen molar-refractivity contribution < 1.29 is 9.50 Å².